The molecular formula is C10H16O4. The van der Waals surface area contributed by atoms with E-state index in [1.165, 1.54) is 0 Å². The average Bonchev–Trinajstić information content (AvgIpc) is 2.53. The molecule has 4 nitrogen and oxygen atoms in total. The van der Waals surface area contributed by atoms with Gasteiger partial charge in [-0.25, -0.2) is 4.79 Å². The highest BCUT2D eigenvalue weighted by atomic mass is 16.7. The van der Waals surface area contributed by atoms with E-state index in [4.69, 9.17) is 14.6 Å². The van der Waals surface area contributed by atoms with E-state index in [2.05, 4.69) is 13.5 Å². The van der Waals surface area contributed by atoms with Crippen molar-refractivity contribution in [3.63, 3.8) is 0 Å². The van der Waals surface area contributed by atoms with Crippen molar-refractivity contribution in [1.82, 2.24) is 0 Å². The van der Waals surface area contributed by atoms with Gasteiger partial charge in [0.05, 0.1) is 12.7 Å². The number of aliphatic carboxylic acids is 1. The number of carboxylic acid groups (broad SMARTS) is 1. The fourth-order valence-electron chi connectivity index (χ4n) is 1.36. The summed E-state index contributed by atoms with van der Waals surface area (Å²) in [6, 6.07) is 0. The van der Waals surface area contributed by atoms with E-state index in [1.807, 2.05) is 0 Å². The maximum atomic E-state index is 10.5. The van der Waals surface area contributed by atoms with Gasteiger partial charge in [-0.2, -0.15) is 0 Å². The van der Waals surface area contributed by atoms with E-state index in [-0.39, 0.29) is 18.0 Å². The van der Waals surface area contributed by atoms with Crippen LogP contribution in [0.2, 0.25) is 0 Å². The van der Waals surface area contributed by atoms with Gasteiger partial charge in [0.15, 0.2) is 6.29 Å². The highest BCUT2D eigenvalue weighted by Gasteiger charge is 2.26. The first-order chi connectivity index (χ1) is 6.63. The molecule has 0 saturated carbocycles. The first kappa shape index (κ1) is 11.2. The van der Waals surface area contributed by atoms with Crippen molar-refractivity contribution in [2.24, 2.45) is 0 Å². The highest BCUT2D eigenvalue weighted by molar-refractivity contribution is 5.85. The third kappa shape index (κ3) is 3.12. The van der Waals surface area contributed by atoms with Crippen LogP contribution in [0.3, 0.4) is 0 Å². The van der Waals surface area contributed by atoms with Gasteiger partial charge in [-0.3, -0.25) is 0 Å². The first-order valence-corrected chi connectivity index (χ1v) is 4.81. The van der Waals surface area contributed by atoms with Crippen LogP contribution in [0.4, 0.5) is 0 Å². The van der Waals surface area contributed by atoms with E-state index in [1.54, 1.807) is 0 Å². The van der Waals surface area contributed by atoms with Gasteiger partial charge < -0.3 is 14.6 Å². The van der Waals surface area contributed by atoms with Crippen LogP contribution < -0.4 is 0 Å². The zero-order valence-electron chi connectivity index (χ0n) is 8.36. The lowest BCUT2D eigenvalue weighted by Gasteiger charge is -2.09. The Balaban J connectivity index is 2.28. The molecule has 0 spiro atoms. The van der Waals surface area contributed by atoms with Gasteiger partial charge in [0.1, 0.15) is 0 Å². The van der Waals surface area contributed by atoms with Gasteiger partial charge in [-0.05, 0) is 6.42 Å². The molecule has 1 fully saturated rings. The maximum Gasteiger partial charge on any atom is 0.331 e. The van der Waals surface area contributed by atoms with Gasteiger partial charge >= 0.3 is 5.97 Å². The fraction of sp³-hybridized carbons (Fsp3) is 0.700. The van der Waals surface area contributed by atoms with E-state index in [0.29, 0.717) is 13.0 Å². The van der Waals surface area contributed by atoms with Crippen molar-refractivity contribution < 1.29 is 19.4 Å². The predicted molar refractivity (Wildman–Crippen MR) is 50.9 cm³/mol. The summed E-state index contributed by atoms with van der Waals surface area (Å²) in [4.78, 5) is 10.5. The SMILES string of the molecule is C=C(CC1COC(CCC)O1)C(=O)O. The minimum Gasteiger partial charge on any atom is -0.478 e. The van der Waals surface area contributed by atoms with Crippen LogP contribution >= 0.6 is 0 Å². The number of carboxylic acids is 1. The largest absolute Gasteiger partial charge is 0.478 e. The van der Waals surface area contributed by atoms with Crippen molar-refractivity contribution in [2.45, 2.75) is 38.6 Å². The van der Waals surface area contributed by atoms with Crippen LogP contribution in [0, 0.1) is 0 Å². The van der Waals surface area contributed by atoms with Crippen molar-refractivity contribution in [1.29, 1.82) is 0 Å². The molecule has 1 rings (SSSR count). The summed E-state index contributed by atoms with van der Waals surface area (Å²) in [5.41, 5.74) is 0.177. The third-order valence-electron chi connectivity index (χ3n) is 2.11. The second-order valence-corrected chi connectivity index (χ2v) is 3.42. The van der Waals surface area contributed by atoms with E-state index >= 15 is 0 Å². The Morgan fingerprint density at radius 2 is 2.36 bits per heavy atom. The fourth-order valence-corrected chi connectivity index (χ4v) is 1.36. The average molecular weight is 200 g/mol. The van der Waals surface area contributed by atoms with E-state index in [9.17, 15) is 4.79 Å². The third-order valence-corrected chi connectivity index (χ3v) is 2.11. The summed E-state index contributed by atoms with van der Waals surface area (Å²) in [5, 5.41) is 8.62. The zero-order valence-corrected chi connectivity index (χ0v) is 8.36. The summed E-state index contributed by atoms with van der Waals surface area (Å²) >= 11 is 0. The molecular weight excluding hydrogens is 184 g/mol. The van der Waals surface area contributed by atoms with Crippen LogP contribution in [0.15, 0.2) is 12.2 Å². The lowest BCUT2D eigenvalue weighted by atomic mass is 10.1. The summed E-state index contributed by atoms with van der Waals surface area (Å²) in [5.74, 6) is -0.965. The van der Waals surface area contributed by atoms with Crippen LogP contribution in [-0.2, 0) is 14.3 Å². The smallest absolute Gasteiger partial charge is 0.331 e. The molecule has 0 amide bonds. The minimum atomic E-state index is -0.965. The molecule has 1 N–H and O–H groups in total. The van der Waals surface area contributed by atoms with Crippen LogP contribution in [0.1, 0.15) is 26.2 Å². The van der Waals surface area contributed by atoms with Gasteiger partial charge in [-0.15, -0.1) is 0 Å². The Bertz CT molecular complexity index is 224. The molecule has 2 unspecified atom stereocenters. The van der Waals surface area contributed by atoms with E-state index in [0.717, 1.165) is 12.8 Å². The topological polar surface area (TPSA) is 55.8 Å². The molecule has 14 heavy (non-hydrogen) atoms. The molecule has 1 aliphatic heterocycles. The van der Waals surface area contributed by atoms with Crippen molar-refractivity contribution >= 4 is 5.97 Å². The molecule has 2 atom stereocenters. The first-order valence-electron chi connectivity index (χ1n) is 4.81. The molecule has 0 aromatic rings. The molecule has 1 saturated heterocycles. The molecule has 4 heteroatoms. The van der Waals surface area contributed by atoms with Crippen molar-refractivity contribution in [3.05, 3.63) is 12.2 Å². The number of carbonyl (C=O) groups is 1. The van der Waals surface area contributed by atoms with Gasteiger partial charge in [0.25, 0.3) is 0 Å². The standard InChI is InChI=1S/C10H16O4/c1-3-4-9-13-6-8(14-9)5-7(2)10(11)12/h8-9H,2-6H2,1H3,(H,11,12). The second-order valence-electron chi connectivity index (χ2n) is 3.42. The zero-order chi connectivity index (χ0) is 10.6. The molecule has 0 aromatic heterocycles. The number of rotatable bonds is 5. The van der Waals surface area contributed by atoms with Crippen LogP contribution in [0.5, 0.6) is 0 Å². The molecule has 0 aromatic carbocycles. The Labute approximate surface area is 83.5 Å². The molecule has 80 valence electrons. The summed E-state index contributed by atoms with van der Waals surface area (Å²) in [6.07, 6.45) is 1.89. The van der Waals surface area contributed by atoms with E-state index < -0.39 is 5.97 Å². The summed E-state index contributed by atoms with van der Waals surface area (Å²) in [6.45, 7) is 5.97. The Hall–Kier alpha value is -0.870. The lowest BCUT2D eigenvalue weighted by molar-refractivity contribution is -0.133. The summed E-state index contributed by atoms with van der Waals surface area (Å²) in [7, 11) is 0. The monoisotopic (exact) mass is 200 g/mol. The Morgan fingerprint density at radius 1 is 1.64 bits per heavy atom. The maximum absolute atomic E-state index is 10.5. The predicted octanol–water partition coefficient (Wildman–Crippen LogP) is 1.56. The Morgan fingerprint density at radius 3 is 2.93 bits per heavy atom. The second kappa shape index (κ2) is 5.12. The van der Waals surface area contributed by atoms with Crippen molar-refractivity contribution in [3.8, 4) is 0 Å². The van der Waals surface area contributed by atoms with Gasteiger partial charge in [0.2, 0.25) is 0 Å². The van der Waals surface area contributed by atoms with Crippen molar-refractivity contribution in [2.75, 3.05) is 6.61 Å². The van der Waals surface area contributed by atoms with Gasteiger partial charge in [-0.1, -0.05) is 19.9 Å². The summed E-state index contributed by atoms with van der Waals surface area (Å²) < 4.78 is 10.8. The molecule has 1 aliphatic rings. The molecule has 0 aliphatic carbocycles. The normalized spacial score (nSPS) is 26.4. The molecule has 0 bridgehead atoms. The highest BCUT2D eigenvalue weighted by Crippen LogP contribution is 2.20. The number of ether oxygens (including phenoxy) is 2. The number of hydrogen-bond donors (Lipinski definition) is 1. The van der Waals surface area contributed by atoms with Crippen LogP contribution in [0.25, 0.3) is 0 Å². The lowest BCUT2D eigenvalue weighted by Crippen LogP contribution is -2.15. The van der Waals surface area contributed by atoms with Gasteiger partial charge in [0, 0.05) is 12.0 Å². The molecule has 1 heterocycles. The quantitative estimate of drug-likeness (QED) is 0.684. The van der Waals surface area contributed by atoms with Crippen LogP contribution in [-0.4, -0.2) is 30.1 Å². The minimum absolute atomic E-state index is 0.143. The number of hydrogen-bond acceptors (Lipinski definition) is 3. The Kier molecular flexibility index (Phi) is 4.10. The molecule has 0 radical (unpaired) electrons.